The summed E-state index contributed by atoms with van der Waals surface area (Å²) in [6.07, 6.45) is -0.715. The van der Waals surface area contributed by atoms with Crippen LogP contribution in [0, 0.1) is 0 Å². The lowest BCUT2D eigenvalue weighted by molar-refractivity contribution is -0.117. The van der Waals surface area contributed by atoms with Crippen LogP contribution in [0.5, 0.6) is 5.75 Å². The third-order valence-electron chi connectivity index (χ3n) is 3.24. The Bertz CT molecular complexity index is 836. The molecule has 2 aromatic rings. The van der Waals surface area contributed by atoms with Gasteiger partial charge in [0.1, 0.15) is 17.4 Å². The zero-order valence-electron chi connectivity index (χ0n) is 15.8. The summed E-state index contributed by atoms with van der Waals surface area (Å²) in [6, 6.07) is 5.37. The Morgan fingerprint density at radius 2 is 1.89 bits per heavy atom. The van der Waals surface area contributed by atoms with Gasteiger partial charge in [0.2, 0.25) is 5.91 Å². The Kier molecular flexibility index (Phi) is 6.90. The van der Waals surface area contributed by atoms with Crippen molar-refractivity contribution >= 4 is 28.5 Å². The molecule has 0 saturated carbocycles. The minimum Gasteiger partial charge on any atom is -0.444 e. The number of nitrogens with one attached hydrogen (secondary N) is 2. The summed E-state index contributed by atoms with van der Waals surface area (Å²) >= 11 is 1.12. The van der Waals surface area contributed by atoms with Gasteiger partial charge in [0.25, 0.3) is 0 Å². The van der Waals surface area contributed by atoms with Gasteiger partial charge >= 0.3 is 12.7 Å². The Morgan fingerprint density at radius 1 is 1.21 bits per heavy atom. The van der Waals surface area contributed by atoms with E-state index in [1.165, 1.54) is 13.0 Å². The Morgan fingerprint density at radius 3 is 2.54 bits per heavy atom. The summed E-state index contributed by atoms with van der Waals surface area (Å²) in [5, 5.41) is 6.86. The molecule has 0 aliphatic carbocycles. The molecular formula is C18H21F2N3O4S. The SMILES string of the molecule is C[C@@H](NC(=O)OC(C)(C)C)C(=O)Nc1nc(-c2ccccc2OC(F)F)cs1. The number of thiazole rings is 1. The summed E-state index contributed by atoms with van der Waals surface area (Å²) < 4.78 is 34.7. The van der Waals surface area contributed by atoms with Crippen LogP contribution in [0.25, 0.3) is 11.3 Å². The highest BCUT2D eigenvalue weighted by molar-refractivity contribution is 7.14. The van der Waals surface area contributed by atoms with Crippen molar-refractivity contribution < 1.29 is 27.8 Å². The van der Waals surface area contributed by atoms with Crippen molar-refractivity contribution in [2.24, 2.45) is 0 Å². The van der Waals surface area contributed by atoms with Crippen LogP contribution in [-0.4, -0.2) is 35.2 Å². The van der Waals surface area contributed by atoms with E-state index >= 15 is 0 Å². The quantitative estimate of drug-likeness (QED) is 0.739. The summed E-state index contributed by atoms with van der Waals surface area (Å²) in [5.41, 5.74) is 0.0711. The van der Waals surface area contributed by atoms with Crippen molar-refractivity contribution in [2.75, 3.05) is 5.32 Å². The van der Waals surface area contributed by atoms with Crippen LogP contribution in [0.4, 0.5) is 18.7 Å². The number of hydrogen-bond donors (Lipinski definition) is 2. The van der Waals surface area contributed by atoms with Gasteiger partial charge in [-0.15, -0.1) is 11.3 Å². The number of benzene rings is 1. The number of ether oxygens (including phenoxy) is 2. The number of alkyl carbamates (subject to hydrolysis) is 1. The molecule has 10 heteroatoms. The zero-order chi connectivity index (χ0) is 20.9. The van der Waals surface area contributed by atoms with Gasteiger partial charge in [-0.3, -0.25) is 4.79 Å². The van der Waals surface area contributed by atoms with Gasteiger partial charge in [-0.05, 0) is 39.8 Å². The van der Waals surface area contributed by atoms with E-state index in [2.05, 4.69) is 20.4 Å². The molecule has 7 nitrogen and oxygen atoms in total. The highest BCUT2D eigenvalue weighted by Gasteiger charge is 2.22. The molecule has 2 rings (SSSR count). The second kappa shape index (κ2) is 8.96. The van der Waals surface area contributed by atoms with E-state index < -0.39 is 30.3 Å². The number of aromatic nitrogens is 1. The first-order valence-electron chi connectivity index (χ1n) is 8.35. The number of rotatable bonds is 6. The maximum atomic E-state index is 12.5. The molecule has 0 spiro atoms. The first kappa shape index (κ1) is 21.5. The molecular weight excluding hydrogens is 392 g/mol. The molecule has 0 aliphatic heterocycles. The second-order valence-corrected chi connectivity index (χ2v) is 7.63. The fourth-order valence-electron chi connectivity index (χ4n) is 2.10. The van der Waals surface area contributed by atoms with Gasteiger partial charge < -0.3 is 20.1 Å². The van der Waals surface area contributed by atoms with Gasteiger partial charge in [0.05, 0.1) is 5.69 Å². The van der Waals surface area contributed by atoms with Crippen molar-refractivity contribution in [2.45, 2.75) is 45.9 Å². The Labute approximate surface area is 165 Å². The monoisotopic (exact) mass is 413 g/mol. The molecule has 1 atom stereocenters. The number of nitrogens with zero attached hydrogens (tertiary/aromatic N) is 1. The van der Waals surface area contributed by atoms with Crippen molar-refractivity contribution in [1.29, 1.82) is 0 Å². The molecule has 2 amide bonds. The van der Waals surface area contributed by atoms with Crippen LogP contribution >= 0.6 is 11.3 Å². The Balaban J connectivity index is 2.03. The van der Waals surface area contributed by atoms with Crippen molar-refractivity contribution in [1.82, 2.24) is 10.3 Å². The van der Waals surface area contributed by atoms with Crippen LogP contribution in [0.1, 0.15) is 27.7 Å². The van der Waals surface area contributed by atoms with Crippen molar-refractivity contribution in [3.63, 3.8) is 0 Å². The highest BCUT2D eigenvalue weighted by atomic mass is 32.1. The normalized spacial score (nSPS) is 12.4. The summed E-state index contributed by atoms with van der Waals surface area (Å²) in [6.45, 7) is 3.68. The van der Waals surface area contributed by atoms with Crippen LogP contribution in [0.3, 0.4) is 0 Å². The lowest BCUT2D eigenvalue weighted by Gasteiger charge is -2.21. The lowest BCUT2D eigenvalue weighted by Crippen LogP contribution is -2.43. The Hall–Kier alpha value is -2.75. The smallest absolute Gasteiger partial charge is 0.408 e. The topological polar surface area (TPSA) is 89.5 Å². The fourth-order valence-corrected chi connectivity index (χ4v) is 2.81. The van der Waals surface area contributed by atoms with Gasteiger partial charge in [-0.1, -0.05) is 12.1 Å². The predicted octanol–water partition coefficient (Wildman–Crippen LogP) is 4.26. The van der Waals surface area contributed by atoms with E-state index in [9.17, 15) is 18.4 Å². The molecule has 0 unspecified atom stereocenters. The van der Waals surface area contributed by atoms with Crippen LogP contribution in [0.15, 0.2) is 29.6 Å². The molecule has 152 valence electrons. The van der Waals surface area contributed by atoms with Crippen LogP contribution in [-0.2, 0) is 9.53 Å². The summed E-state index contributed by atoms with van der Waals surface area (Å²) in [4.78, 5) is 28.2. The van der Waals surface area contributed by atoms with E-state index in [0.717, 1.165) is 11.3 Å². The van der Waals surface area contributed by atoms with E-state index in [0.29, 0.717) is 11.3 Å². The number of halogens is 2. The minimum absolute atomic E-state index is 0.0133. The van der Waals surface area contributed by atoms with E-state index in [4.69, 9.17) is 4.74 Å². The molecule has 0 saturated heterocycles. The number of carbonyl (C=O) groups is 2. The van der Waals surface area contributed by atoms with E-state index in [1.807, 2.05) is 0 Å². The van der Waals surface area contributed by atoms with Crippen LogP contribution in [0.2, 0.25) is 0 Å². The summed E-state index contributed by atoms with van der Waals surface area (Å²) in [5.74, 6) is -0.510. The third kappa shape index (κ3) is 6.45. The molecule has 0 radical (unpaired) electrons. The average molecular weight is 413 g/mol. The molecule has 1 aromatic carbocycles. The van der Waals surface area contributed by atoms with Gasteiger partial charge in [-0.25, -0.2) is 9.78 Å². The van der Waals surface area contributed by atoms with E-state index in [1.54, 1.807) is 44.4 Å². The van der Waals surface area contributed by atoms with Crippen molar-refractivity contribution in [3.05, 3.63) is 29.6 Å². The fraction of sp³-hybridized carbons (Fsp3) is 0.389. The maximum Gasteiger partial charge on any atom is 0.408 e. The first-order chi connectivity index (χ1) is 13.0. The first-order valence-corrected chi connectivity index (χ1v) is 9.23. The molecule has 0 aliphatic rings. The number of carbonyl (C=O) groups excluding carboxylic acids is 2. The highest BCUT2D eigenvalue weighted by Crippen LogP contribution is 2.33. The van der Waals surface area contributed by atoms with E-state index in [-0.39, 0.29) is 10.9 Å². The molecule has 28 heavy (non-hydrogen) atoms. The molecule has 0 bridgehead atoms. The number of hydrogen-bond acceptors (Lipinski definition) is 6. The molecule has 1 aromatic heterocycles. The third-order valence-corrected chi connectivity index (χ3v) is 4.00. The average Bonchev–Trinajstić information content (AvgIpc) is 3.01. The number of alkyl halides is 2. The van der Waals surface area contributed by atoms with Gasteiger partial charge in [0.15, 0.2) is 5.13 Å². The number of anilines is 1. The number of amides is 2. The maximum absolute atomic E-state index is 12.5. The van der Waals surface area contributed by atoms with Crippen molar-refractivity contribution in [3.8, 4) is 17.0 Å². The predicted molar refractivity (Wildman–Crippen MR) is 102 cm³/mol. The largest absolute Gasteiger partial charge is 0.444 e. The number of para-hydroxylation sites is 1. The molecule has 1 heterocycles. The zero-order valence-corrected chi connectivity index (χ0v) is 16.6. The molecule has 2 N–H and O–H groups in total. The lowest BCUT2D eigenvalue weighted by atomic mass is 10.1. The summed E-state index contributed by atoms with van der Waals surface area (Å²) in [7, 11) is 0. The molecule has 0 fully saturated rings. The van der Waals surface area contributed by atoms with Crippen LogP contribution < -0.4 is 15.4 Å². The second-order valence-electron chi connectivity index (χ2n) is 6.77. The van der Waals surface area contributed by atoms with Gasteiger partial charge in [0, 0.05) is 10.9 Å². The minimum atomic E-state index is -2.96. The standard InChI is InChI=1S/C18H21F2N3O4S/c1-10(21-17(25)27-18(2,3)4)14(24)23-16-22-12(9-28-16)11-7-5-6-8-13(11)26-15(19)20/h5-10,15H,1-4H3,(H,21,25)(H,22,23,24)/t10-/m1/s1. The van der Waals surface area contributed by atoms with Gasteiger partial charge in [-0.2, -0.15) is 8.78 Å².